The van der Waals surface area contributed by atoms with Gasteiger partial charge >= 0.3 is 12.1 Å². The second-order valence-electron chi connectivity index (χ2n) is 6.03. The van der Waals surface area contributed by atoms with Crippen molar-refractivity contribution in [2.24, 2.45) is 0 Å². The highest BCUT2D eigenvalue weighted by atomic mass is 16.6. The molecule has 8 heteroatoms. The zero-order valence-electron chi connectivity index (χ0n) is 13.8. The van der Waals surface area contributed by atoms with Crippen LogP contribution in [0.5, 0.6) is 0 Å². The normalized spacial score (nSPS) is 19.4. The number of hydrogen-bond acceptors (Lipinski definition) is 5. The molecule has 25 heavy (non-hydrogen) atoms. The van der Waals surface area contributed by atoms with Crippen LogP contribution >= 0.6 is 0 Å². The molecule has 2 aliphatic rings. The molecule has 2 fully saturated rings. The number of amides is 4. The summed E-state index contributed by atoms with van der Waals surface area (Å²) in [6.07, 6.45) is 0.846. The topological polar surface area (TPSA) is 97.0 Å². The maximum atomic E-state index is 12.3. The lowest BCUT2D eigenvalue weighted by atomic mass is 10.1. The van der Waals surface area contributed by atoms with E-state index in [1.165, 1.54) is 0 Å². The summed E-state index contributed by atoms with van der Waals surface area (Å²) in [5.74, 6) is -0.405. The van der Waals surface area contributed by atoms with Gasteiger partial charge in [-0.05, 0) is 18.4 Å². The number of nitrogens with zero attached hydrogens (tertiary/aromatic N) is 1. The number of hydrogen-bond donors (Lipinski definition) is 2. The smallest absolute Gasteiger partial charge is 0.417 e. The van der Waals surface area contributed by atoms with E-state index in [9.17, 15) is 14.4 Å². The Hall–Kier alpha value is -2.61. The van der Waals surface area contributed by atoms with Crippen molar-refractivity contribution in [2.75, 3.05) is 26.4 Å². The van der Waals surface area contributed by atoms with Gasteiger partial charge in [0.2, 0.25) is 0 Å². The molecular formula is C17H21N3O5. The van der Waals surface area contributed by atoms with E-state index in [1.807, 2.05) is 30.3 Å². The van der Waals surface area contributed by atoms with Crippen LogP contribution in [-0.2, 0) is 14.3 Å². The highest BCUT2D eigenvalue weighted by Gasteiger charge is 2.34. The summed E-state index contributed by atoms with van der Waals surface area (Å²) in [5.41, 5.74) is 0.803. The first kappa shape index (κ1) is 17.2. The van der Waals surface area contributed by atoms with E-state index in [4.69, 9.17) is 9.47 Å². The lowest BCUT2D eigenvalue weighted by Crippen LogP contribution is -2.48. The number of carbonyl (C=O) groups is 3. The lowest BCUT2D eigenvalue weighted by molar-refractivity contribution is -0.126. The van der Waals surface area contributed by atoms with Crippen molar-refractivity contribution >= 4 is 18.0 Å². The van der Waals surface area contributed by atoms with E-state index in [-0.39, 0.29) is 25.2 Å². The minimum Gasteiger partial charge on any atom is -0.439 e. The number of urea groups is 1. The summed E-state index contributed by atoms with van der Waals surface area (Å²) in [6.45, 7) is 1.03. The zero-order valence-corrected chi connectivity index (χ0v) is 13.8. The molecule has 2 saturated heterocycles. The maximum Gasteiger partial charge on any atom is 0.417 e. The molecule has 1 aromatic rings. The van der Waals surface area contributed by atoms with Gasteiger partial charge in [-0.25, -0.2) is 14.5 Å². The van der Waals surface area contributed by atoms with Crippen LogP contribution in [0.1, 0.15) is 24.4 Å². The molecular weight excluding hydrogens is 326 g/mol. The molecule has 2 heterocycles. The summed E-state index contributed by atoms with van der Waals surface area (Å²) < 4.78 is 10.0. The van der Waals surface area contributed by atoms with Crippen molar-refractivity contribution in [2.45, 2.75) is 24.9 Å². The summed E-state index contributed by atoms with van der Waals surface area (Å²) in [4.78, 5) is 36.9. The molecule has 0 aromatic heterocycles. The van der Waals surface area contributed by atoms with Gasteiger partial charge in [-0.15, -0.1) is 0 Å². The summed E-state index contributed by atoms with van der Waals surface area (Å²) in [6, 6.07) is 8.42. The second-order valence-corrected chi connectivity index (χ2v) is 6.03. The number of cyclic esters (lactones) is 1. The molecule has 0 bridgehead atoms. The molecule has 2 aliphatic heterocycles. The second kappa shape index (κ2) is 7.98. The largest absolute Gasteiger partial charge is 0.439 e. The van der Waals surface area contributed by atoms with Gasteiger partial charge in [-0.1, -0.05) is 30.3 Å². The van der Waals surface area contributed by atoms with E-state index in [1.54, 1.807) is 0 Å². The first-order valence-electron chi connectivity index (χ1n) is 8.30. The van der Waals surface area contributed by atoms with Crippen LogP contribution in [0.25, 0.3) is 0 Å². The fourth-order valence-corrected chi connectivity index (χ4v) is 2.89. The summed E-state index contributed by atoms with van der Waals surface area (Å²) in [7, 11) is 0. The predicted molar refractivity (Wildman–Crippen MR) is 87.8 cm³/mol. The monoisotopic (exact) mass is 347 g/mol. The van der Waals surface area contributed by atoms with Crippen LogP contribution in [0.3, 0.4) is 0 Å². The molecule has 4 amide bonds. The molecule has 2 N–H and O–H groups in total. The molecule has 0 radical (unpaired) electrons. The fraction of sp³-hybridized carbons (Fsp3) is 0.471. The number of benzene rings is 1. The lowest BCUT2D eigenvalue weighted by Gasteiger charge is -2.26. The van der Waals surface area contributed by atoms with Gasteiger partial charge in [0.25, 0.3) is 5.91 Å². The Kier molecular flexibility index (Phi) is 5.49. The molecule has 0 saturated carbocycles. The van der Waals surface area contributed by atoms with E-state index in [2.05, 4.69) is 10.6 Å². The predicted octanol–water partition coefficient (Wildman–Crippen LogP) is 1.18. The van der Waals surface area contributed by atoms with Crippen LogP contribution in [0, 0.1) is 0 Å². The first-order chi connectivity index (χ1) is 12.1. The maximum absolute atomic E-state index is 12.3. The van der Waals surface area contributed by atoms with Gasteiger partial charge in [-0.2, -0.15) is 0 Å². The van der Waals surface area contributed by atoms with Crippen LogP contribution < -0.4 is 10.6 Å². The Morgan fingerprint density at radius 2 is 1.92 bits per heavy atom. The number of imide groups is 1. The van der Waals surface area contributed by atoms with Crippen molar-refractivity contribution in [1.29, 1.82) is 0 Å². The van der Waals surface area contributed by atoms with E-state index >= 15 is 0 Å². The van der Waals surface area contributed by atoms with E-state index in [0.29, 0.717) is 13.2 Å². The highest BCUT2D eigenvalue weighted by Crippen LogP contribution is 2.17. The van der Waals surface area contributed by atoms with Crippen LogP contribution in [0.15, 0.2) is 30.3 Å². The van der Waals surface area contributed by atoms with Gasteiger partial charge in [0.05, 0.1) is 12.6 Å². The SMILES string of the molecule is O=C(NC1CCOCC1)N[C@H](CN1C(=O)COC1=O)c1ccccc1. The number of carbonyl (C=O) groups excluding carboxylic acids is 3. The molecule has 0 aliphatic carbocycles. The molecule has 0 unspecified atom stereocenters. The van der Waals surface area contributed by atoms with Crippen LogP contribution in [-0.4, -0.2) is 55.3 Å². The Balaban J connectivity index is 1.67. The number of ether oxygens (including phenoxy) is 2. The van der Waals surface area contributed by atoms with Crippen LogP contribution in [0.4, 0.5) is 9.59 Å². The van der Waals surface area contributed by atoms with Gasteiger partial charge in [0.1, 0.15) is 0 Å². The third-order valence-corrected chi connectivity index (χ3v) is 4.27. The van der Waals surface area contributed by atoms with Crippen molar-refractivity contribution in [3.63, 3.8) is 0 Å². The number of nitrogens with one attached hydrogen (secondary N) is 2. The van der Waals surface area contributed by atoms with Crippen LogP contribution in [0.2, 0.25) is 0 Å². The van der Waals surface area contributed by atoms with Crippen molar-refractivity contribution in [3.8, 4) is 0 Å². The van der Waals surface area contributed by atoms with Crippen molar-refractivity contribution < 1.29 is 23.9 Å². The Morgan fingerprint density at radius 1 is 1.20 bits per heavy atom. The number of rotatable bonds is 5. The molecule has 8 nitrogen and oxygen atoms in total. The van der Waals surface area contributed by atoms with Crippen molar-refractivity contribution in [1.82, 2.24) is 15.5 Å². The highest BCUT2D eigenvalue weighted by molar-refractivity contribution is 5.97. The van der Waals surface area contributed by atoms with E-state index < -0.39 is 18.0 Å². The van der Waals surface area contributed by atoms with Crippen molar-refractivity contribution in [3.05, 3.63) is 35.9 Å². The third-order valence-electron chi connectivity index (χ3n) is 4.27. The minimum atomic E-state index is -0.683. The average molecular weight is 347 g/mol. The molecule has 0 spiro atoms. The standard InChI is InChI=1S/C17H21N3O5/c21-15-11-25-17(23)20(15)10-14(12-4-2-1-3-5-12)19-16(22)18-13-6-8-24-9-7-13/h1-5,13-14H,6-11H2,(H2,18,19,22)/t14-/m1/s1. The average Bonchev–Trinajstić information content (AvgIpc) is 2.94. The first-order valence-corrected chi connectivity index (χ1v) is 8.30. The fourth-order valence-electron chi connectivity index (χ4n) is 2.89. The zero-order chi connectivity index (χ0) is 17.6. The minimum absolute atomic E-state index is 0.0306. The van der Waals surface area contributed by atoms with Gasteiger partial charge in [0, 0.05) is 19.3 Å². The molecule has 1 aromatic carbocycles. The Morgan fingerprint density at radius 3 is 2.56 bits per heavy atom. The molecule has 3 rings (SSSR count). The molecule has 134 valence electrons. The third kappa shape index (κ3) is 4.48. The Labute approximate surface area is 145 Å². The van der Waals surface area contributed by atoms with Gasteiger partial charge in [-0.3, -0.25) is 4.79 Å². The summed E-state index contributed by atoms with van der Waals surface area (Å²) >= 11 is 0. The summed E-state index contributed by atoms with van der Waals surface area (Å²) in [5, 5.41) is 5.77. The Bertz CT molecular complexity index is 614. The van der Waals surface area contributed by atoms with Gasteiger partial charge in [0.15, 0.2) is 6.61 Å². The molecule has 1 atom stereocenters. The quantitative estimate of drug-likeness (QED) is 0.834. The van der Waals surface area contributed by atoms with E-state index in [0.717, 1.165) is 23.3 Å². The van der Waals surface area contributed by atoms with Gasteiger partial charge < -0.3 is 20.1 Å².